The highest BCUT2D eigenvalue weighted by atomic mass is 16.6. The third kappa shape index (κ3) is 4.30. The zero-order chi connectivity index (χ0) is 14.4. The average molecular weight is 276 g/mol. The Balaban J connectivity index is 1.83. The van der Waals surface area contributed by atoms with Crippen molar-refractivity contribution in [2.24, 2.45) is 5.92 Å². The van der Waals surface area contributed by atoms with E-state index in [0.717, 1.165) is 12.3 Å². The zero-order valence-corrected chi connectivity index (χ0v) is 12.2. The molecule has 1 saturated carbocycles. The van der Waals surface area contributed by atoms with Crippen LogP contribution in [-0.4, -0.2) is 18.0 Å². The summed E-state index contributed by atoms with van der Waals surface area (Å²) in [4.78, 5) is 10.3. The lowest BCUT2D eigenvalue weighted by Crippen LogP contribution is -2.28. The van der Waals surface area contributed by atoms with Gasteiger partial charge in [0.05, 0.1) is 4.92 Å². The van der Waals surface area contributed by atoms with Crippen LogP contribution in [0.2, 0.25) is 0 Å². The van der Waals surface area contributed by atoms with Gasteiger partial charge in [-0.2, -0.15) is 0 Å². The molecular formula is C16H24N2O2. The number of non-ortho nitro benzene ring substituents is 1. The van der Waals surface area contributed by atoms with Gasteiger partial charge in [-0.1, -0.05) is 37.8 Å². The summed E-state index contributed by atoms with van der Waals surface area (Å²) in [6.45, 7) is 0. The van der Waals surface area contributed by atoms with E-state index in [4.69, 9.17) is 0 Å². The quantitative estimate of drug-likeness (QED) is 0.610. The van der Waals surface area contributed by atoms with E-state index in [9.17, 15) is 10.1 Å². The molecule has 2 rings (SSSR count). The molecule has 0 amide bonds. The fourth-order valence-electron chi connectivity index (χ4n) is 3.12. The first-order chi connectivity index (χ1) is 9.69. The van der Waals surface area contributed by atoms with Gasteiger partial charge >= 0.3 is 0 Å². The summed E-state index contributed by atoms with van der Waals surface area (Å²) in [5, 5.41) is 14.0. The van der Waals surface area contributed by atoms with E-state index in [0.29, 0.717) is 6.04 Å². The van der Waals surface area contributed by atoms with Gasteiger partial charge < -0.3 is 5.32 Å². The second-order valence-electron chi connectivity index (χ2n) is 5.84. The predicted molar refractivity (Wildman–Crippen MR) is 80.8 cm³/mol. The maximum absolute atomic E-state index is 10.6. The third-order valence-electron chi connectivity index (χ3n) is 4.44. The number of benzene rings is 1. The summed E-state index contributed by atoms with van der Waals surface area (Å²) in [5.41, 5.74) is 1.34. The lowest BCUT2D eigenvalue weighted by Gasteiger charge is -2.18. The Morgan fingerprint density at radius 2 is 1.95 bits per heavy atom. The van der Waals surface area contributed by atoms with Gasteiger partial charge in [0.2, 0.25) is 0 Å². The molecule has 1 fully saturated rings. The number of hydrogen-bond donors (Lipinski definition) is 1. The van der Waals surface area contributed by atoms with Crippen LogP contribution in [0, 0.1) is 16.0 Å². The number of rotatable bonds is 7. The molecule has 1 aromatic rings. The van der Waals surface area contributed by atoms with Crippen LogP contribution in [0.3, 0.4) is 0 Å². The van der Waals surface area contributed by atoms with E-state index in [2.05, 4.69) is 5.32 Å². The first-order valence-corrected chi connectivity index (χ1v) is 7.59. The molecule has 0 aliphatic heterocycles. The van der Waals surface area contributed by atoms with Crippen molar-refractivity contribution in [2.45, 2.75) is 51.0 Å². The van der Waals surface area contributed by atoms with Gasteiger partial charge in [0.25, 0.3) is 5.69 Å². The van der Waals surface area contributed by atoms with Crippen molar-refractivity contribution in [3.8, 4) is 0 Å². The molecule has 1 N–H and O–H groups in total. The van der Waals surface area contributed by atoms with Crippen molar-refractivity contribution in [1.29, 1.82) is 0 Å². The Morgan fingerprint density at radius 1 is 1.30 bits per heavy atom. The summed E-state index contributed by atoms with van der Waals surface area (Å²) < 4.78 is 0. The molecule has 110 valence electrons. The minimum Gasteiger partial charge on any atom is -0.317 e. The van der Waals surface area contributed by atoms with Gasteiger partial charge in [-0.05, 0) is 37.8 Å². The summed E-state index contributed by atoms with van der Waals surface area (Å²) in [6.07, 6.45) is 9.04. The molecule has 1 aliphatic rings. The predicted octanol–water partition coefficient (Wildman–Crippen LogP) is 3.70. The highest BCUT2D eigenvalue weighted by Crippen LogP contribution is 2.29. The van der Waals surface area contributed by atoms with Gasteiger partial charge in [-0.3, -0.25) is 10.1 Å². The number of hydrogen-bond acceptors (Lipinski definition) is 3. The maximum atomic E-state index is 10.6. The van der Waals surface area contributed by atoms with Crippen LogP contribution in [-0.2, 0) is 6.42 Å². The Morgan fingerprint density at radius 3 is 2.50 bits per heavy atom. The Kier molecular flexibility index (Phi) is 5.53. The molecule has 20 heavy (non-hydrogen) atoms. The molecule has 0 radical (unpaired) electrons. The van der Waals surface area contributed by atoms with E-state index in [1.54, 1.807) is 12.1 Å². The maximum Gasteiger partial charge on any atom is 0.269 e. The van der Waals surface area contributed by atoms with Crippen molar-refractivity contribution >= 4 is 5.69 Å². The van der Waals surface area contributed by atoms with Crippen molar-refractivity contribution in [2.75, 3.05) is 7.05 Å². The van der Waals surface area contributed by atoms with Gasteiger partial charge in [0.1, 0.15) is 0 Å². The first kappa shape index (κ1) is 15.0. The standard InChI is InChI=1S/C16H24N2O2/c1-17-15(9-6-13-4-2-3-5-13)12-14-7-10-16(11-8-14)18(19)20/h7-8,10-11,13,15,17H,2-6,9,12H2,1H3. The van der Waals surface area contributed by atoms with E-state index < -0.39 is 0 Å². The highest BCUT2D eigenvalue weighted by Gasteiger charge is 2.17. The molecule has 0 bridgehead atoms. The molecule has 1 aromatic carbocycles. The van der Waals surface area contributed by atoms with Crippen molar-refractivity contribution < 1.29 is 4.92 Å². The third-order valence-corrected chi connectivity index (χ3v) is 4.44. The van der Waals surface area contributed by atoms with E-state index in [1.165, 1.54) is 44.1 Å². The average Bonchev–Trinajstić information content (AvgIpc) is 2.97. The Bertz CT molecular complexity index is 425. The largest absolute Gasteiger partial charge is 0.317 e. The molecule has 0 saturated heterocycles. The number of nitro benzene ring substituents is 1. The number of likely N-dealkylation sites (N-methyl/N-ethyl adjacent to an activating group) is 1. The highest BCUT2D eigenvalue weighted by molar-refractivity contribution is 5.33. The van der Waals surface area contributed by atoms with E-state index in [-0.39, 0.29) is 10.6 Å². The van der Waals surface area contributed by atoms with Crippen molar-refractivity contribution in [3.63, 3.8) is 0 Å². The SMILES string of the molecule is CNC(CCC1CCCC1)Cc1ccc([N+](=O)[O-])cc1. The molecule has 1 aliphatic carbocycles. The van der Waals surface area contributed by atoms with Crippen molar-refractivity contribution in [3.05, 3.63) is 39.9 Å². The van der Waals surface area contributed by atoms with Crippen LogP contribution in [0.25, 0.3) is 0 Å². The van der Waals surface area contributed by atoms with Crippen molar-refractivity contribution in [1.82, 2.24) is 5.32 Å². The van der Waals surface area contributed by atoms with Crippen LogP contribution >= 0.6 is 0 Å². The summed E-state index contributed by atoms with van der Waals surface area (Å²) in [7, 11) is 2.00. The Labute approximate surface area is 120 Å². The second kappa shape index (κ2) is 7.39. The molecule has 4 heteroatoms. The lowest BCUT2D eigenvalue weighted by molar-refractivity contribution is -0.384. The van der Waals surface area contributed by atoms with Crippen LogP contribution in [0.5, 0.6) is 0 Å². The lowest BCUT2D eigenvalue weighted by atomic mass is 9.95. The summed E-state index contributed by atoms with van der Waals surface area (Å²) >= 11 is 0. The van der Waals surface area contributed by atoms with Crippen LogP contribution in [0.4, 0.5) is 5.69 Å². The topological polar surface area (TPSA) is 55.2 Å². The molecule has 0 heterocycles. The second-order valence-corrected chi connectivity index (χ2v) is 5.84. The van der Waals surface area contributed by atoms with Gasteiger partial charge in [-0.25, -0.2) is 0 Å². The zero-order valence-electron chi connectivity index (χ0n) is 12.2. The smallest absolute Gasteiger partial charge is 0.269 e. The minimum atomic E-state index is -0.348. The summed E-state index contributed by atoms with van der Waals surface area (Å²) in [6, 6.07) is 7.41. The van der Waals surface area contributed by atoms with Gasteiger partial charge in [0.15, 0.2) is 0 Å². The molecule has 0 spiro atoms. The number of nitro groups is 1. The molecule has 4 nitrogen and oxygen atoms in total. The number of nitrogens with one attached hydrogen (secondary N) is 1. The minimum absolute atomic E-state index is 0.167. The van der Waals surface area contributed by atoms with Crippen LogP contribution in [0.1, 0.15) is 44.1 Å². The summed E-state index contributed by atoms with van der Waals surface area (Å²) in [5.74, 6) is 0.919. The van der Waals surface area contributed by atoms with E-state index in [1.807, 2.05) is 19.2 Å². The first-order valence-electron chi connectivity index (χ1n) is 7.59. The number of nitrogens with zero attached hydrogens (tertiary/aromatic N) is 1. The fraction of sp³-hybridized carbons (Fsp3) is 0.625. The van der Waals surface area contributed by atoms with Gasteiger partial charge in [-0.15, -0.1) is 0 Å². The monoisotopic (exact) mass is 276 g/mol. The van der Waals surface area contributed by atoms with Crippen LogP contribution < -0.4 is 5.32 Å². The molecule has 1 atom stereocenters. The van der Waals surface area contributed by atoms with Crippen LogP contribution in [0.15, 0.2) is 24.3 Å². The molecule has 0 aromatic heterocycles. The normalized spacial score (nSPS) is 17.2. The van der Waals surface area contributed by atoms with Gasteiger partial charge in [0, 0.05) is 18.2 Å². The Hall–Kier alpha value is -1.42. The molecule has 1 unspecified atom stereocenters. The molecular weight excluding hydrogens is 252 g/mol. The fourth-order valence-corrected chi connectivity index (χ4v) is 3.12. The van der Waals surface area contributed by atoms with E-state index >= 15 is 0 Å².